The second-order valence-corrected chi connectivity index (χ2v) is 5.09. The van der Waals surface area contributed by atoms with Crippen molar-refractivity contribution in [2.45, 2.75) is 26.4 Å². The predicted octanol–water partition coefficient (Wildman–Crippen LogP) is 2.33. The Labute approximate surface area is 119 Å². The van der Waals surface area contributed by atoms with Gasteiger partial charge in [0.05, 0.1) is 11.0 Å². The lowest BCUT2D eigenvalue weighted by Crippen LogP contribution is -2.33. The van der Waals surface area contributed by atoms with Gasteiger partial charge in [0.2, 0.25) is 0 Å². The Morgan fingerprint density at radius 1 is 1.33 bits per heavy atom. The fourth-order valence-electron chi connectivity index (χ4n) is 1.49. The Balaban J connectivity index is 2.76. The van der Waals surface area contributed by atoms with E-state index in [1.807, 2.05) is 0 Å². The van der Waals surface area contributed by atoms with Crippen LogP contribution in [0.1, 0.15) is 36.3 Å². The van der Waals surface area contributed by atoms with Crippen molar-refractivity contribution in [3.63, 3.8) is 0 Å². The van der Waals surface area contributed by atoms with Crippen LogP contribution in [0.25, 0.3) is 0 Å². The molecule has 1 rings (SSSR count). The first kappa shape index (κ1) is 16.9. The van der Waals surface area contributed by atoms with Crippen LogP contribution in [0.4, 0.5) is 13.2 Å². The van der Waals surface area contributed by atoms with Gasteiger partial charge in [-0.25, -0.2) is 0 Å². The number of carbonyl (C=O) groups excluding carboxylic acids is 1. The van der Waals surface area contributed by atoms with Gasteiger partial charge in [0, 0.05) is 12.7 Å². The summed E-state index contributed by atoms with van der Waals surface area (Å²) in [6.07, 6.45) is -3.51. The molecule has 0 aromatic carbocycles. The number of carbonyl (C=O) groups is 2. The van der Waals surface area contributed by atoms with Crippen LogP contribution in [0.5, 0.6) is 0 Å². The molecule has 21 heavy (non-hydrogen) atoms. The molecule has 0 spiro atoms. The minimum Gasteiger partial charge on any atom is -0.481 e. The number of nitrogens with one attached hydrogen (secondary N) is 1. The van der Waals surface area contributed by atoms with E-state index < -0.39 is 34.7 Å². The molecule has 0 aliphatic carbocycles. The molecule has 0 radical (unpaired) electrons. The molecule has 0 bridgehead atoms. The van der Waals surface area contributed by atoms with Crippen LogP contribution in [0.2, 0.25) is 0 Å². The molecule has 2 N–H and O–H groups in total. The highest BCUT2D eigenvalue weighted by molar-refractivity contribution is 5.93. The molecule has 1 heterocycles. The smallest absolute Gasteiger partial charge is 0.418 e. The zero-order chi connectivity index (χ0) is 16.3. The molecule has 116 valence electrons. The van der Waals surface area contributed by atoms with Crippen LogP contribution < -0.4 is 5.32 Å². The molecule has 5 nitrogen and oxygen atoms in total. The zero-order valence-electron chi connectivity index (χ0n) is 11.5. The highest BCUT2D eigenvalue weighted by Gasteiger charge is 2.36. The van der Waals surface area contributed by atoms with E-state index in [0.29, 0.717) is 0 Å². The molecule has 1 amide bonds. The molecule has 8 heteroatoms. The third kappa shape index (κ3) is 4.44. The Morgan fingerprint density at radius 3 is 2.48 bits per heavy atom. The van der Waals surface area contributed by atoms with E-state index in [1.54, 1.807) is 0 Å². The SMILES string of the molecule is CC(C)(CCNC(=O)c1ncccc1C(F)(F)F)C(=O)O. The zero-order valence-corrected chi connectivity index (χ0v) is 11.5. The van der Waals surface area contributed by atoms with E-state index >= 15 is 0 Å². The number of hydrogen-bond acceptors (Lipinski definition) is 3. The molecule has 0 aliphatic rings. The summed E-state index contributed by atoms with van der Waals surface area (Å²) in [4.78, 5) is 26.1. The highest BCUT2D eigenvalue weighted by atomic mass is 19.4. The second-order valence-electron chi connectivity index (χ2n) is 5.09. The van der Waals surface area contributed by atoms with Crippen molar-refractivity contribution in [2.75, 3.05) is 6.54 Å². The fourth-order valence-corrected chi connectivity index (χ4v) is 1.49. The minimum atomic E-state index is -4.68. The van der Waals surface area contributed by atoms with Gasteiger partial charge in [-0.15, -0.1) is 0 Å². The monoisotopic (exact) mass is 304 g/mol. The number of alkyl halides is 3. The molecular weight excluding hydrogens is 289 g/mol. The summed E-state index contributed by atoms with van der Waals surface area (Å²) < 4.78 is 38.2. The third-order valence-corrected chi connectivity index (χ3v) is 2.94. The number of halogens is 3. The van der Waals surface area contributed by atoms with Crippen molar-refractivity contribution >= 4 is 11.9 Å². The summed E-state index contributed by atoms with van der Waals surface area (Å²) in [6, 6.07) is 1.86. The van der Waals surface area contributed by atoms with Crippen LogP contribution >= 0.6 is 0 Å². The average Bonchev–Trinajstić information content (AvgIpc) is 2.37. The molecule has 0 atom stereocenters. The van der Waals surface area contributed by atoms with Crippen LogP contribution in [0, 0.1) is 5.41 Å². The van der Waals surface area contributed by atoms with Gasteiger partial charge in [0.15, 0.2) is 0 Å². The van der Waals surface area contributed by atoms with E-state index in [4.69, 9.17) is 5.11 Å². The maximum absolute atomic E-state index is 12.7. The van der Waals surface area contributed by atoms with Crippen molar-refractivity contribution in [1.29, 1.82) is 0 Å². The van der Waals surface area contributed by atoms with Crippen molar-refractivity contribution < 1.29 is 27.9 Å². The van der Waals surface area contributed by atoms with E-state index in [1.165, 1.54) is 13.8 Å². The summed E-state index contributed by atoms with van der Waals surface area (Å²) in [6.45, 7) is 2.86. The predicted molar refractivity (Wildman–Crippen MR) is 67.6 cm³/mol. The topological polar surface area (TPSA) is 79.3 Å². The van der Waals surface area contributed by atoms with E-state index in [-0.39, 0.29) is 13.0 Å². The molecule has 0 saturated heterocycles. The number of pyridine rings is 1. The number of carboxylic acids is 1. The summed E-state index contributed by atoms with van der Waals surface area (Å²) in [5.41, 5.74) is -2.93. The fraction of sp³-hybridized carbons (Fsp3) is 0.462. The first-order valence-electron chi connectivity index (χ1n) is 6.09. The minimum absolute atomic E-state index is 0.0635. The molecule has 0 aliphatic heterocycles. The Bertz CT molecular complexity index is 542. The van der Waals surface area contributed by atoms with Gasteiger partial charge in [-0.1, -0.05) is 0 Å². The number of nitrogens with zero attached hydrogens (tertiary/aromatic N) is 1. The lowest BCUT2D eigenvalue weighted by molar-refractivity contribution is -0.147. The number of aliphatic carboxylic acids is 1. The van der Waals surface area contributed by atoms with Crippen molar-refractivity contribution in [3.05, 3.63) is 29.6 Å². The standard InChI is InChI=1S/C13H15F3N2O3/c1-12(2,11(20)21)5-7-18-10(19)9-8(13(14,15)16)4-3-6-17-9/h3-4,6H,5,7H2,1-2H3,(H,18,19)(H,20,21). The molecule has 0 fully saturated rings. The maximum Gasteiger partial charge on any atom is 0.418 e. The first-order valence-corrected chi connectivity index (χ1v) is 6.09. The van der Waals surface area contributed by atoms with Crippen molar-refractivity contribution in [3.8, 4) is 0 Å². The Kier molecular flexibility index (Phi) is 4.93. The summed E-state index contributed by atoms with van der Waals surface area (Å²) in [7, 11) is 0. The number of amides is 1. The van der Waals surface area contributed by atoms with Crippen LogP contribution in [-0.2, 0) is 11.0 Å². The first-order chi connectivity index (χ1) is 9.55. The lowest BCUT2D eigenvalue weighted by Gasteiger charge is -2.19. The van der Waals surface area contributed by atoms with Gasteiger partial charge in [-0.3, -0.25) is 14.6 Å². The molecule has 1 aromatic rings. The summed E-state index contributed by atoms with van der Waals surface area (Å²) in [5, 5.41) is 11.2. The number of rotatable bonds is 5. The van der Waals surface area contributed by atoms with Crippen molar-refractivity contribution in [1.82, 2.24) is 10.3 Å². The largest absolute Gasteiger partial charge is 0.481 e. The van der Waals surface area contributed by atoms with Gasteiger partial charge in [0.25, 0.3) is 5.91 Å². The van der Waals surface area contributed by atoms with Gasteiger partial charge in [0.1, 0.15) is 5.69 Å². The number of aromatic nitrogens is 1. The van der Waals surface area contributed by atoms with Crippen LogP contribution in [-0.4, -0.2) is 28.5 Å². The van der Waals surface area contributed by atoms with Gasteiger partial charge in [-0.2, -0.15) is 13.2 Å². The number of carboxylic acid groups (broad SMARTS) is 1. The highest BCUT2D eigenvalue weighted by Crippen LogP contribution is 2.30. The van der Waals surface area contributed by atoms with Gasteiger partial charge >= 0.3 is 12.1 Å². The second kappa shape index (κ2) is 6.11. The third-order valence-electron chi connectivity index (χ3n) is 2.94. The lowest BCUT2D eigenvalue weighted by atomic mass is 9.90. The van der Waals surface area contributed by atoms with Crippen LogP contribution in [0.15, 0.2) is 18.3 Å². The Hall–Kier alpha value is -2.12. The van der Waals surface area contributed by atoms with E-state index in [0.717, 1.165) is 18.3 Å². The van der Waals surface area contributed by atoms with Gasteiger partial charge in [-0.05, 0) is 32.4 Å². The molecule has 1 aromatic heterocycles. The van der Waals surface area contributed by atoms with E-state index in [2.05, 4.69) is 10.3 Å². The maximum atomic E-state index is 12.7. The number of hydrogen-bond donors (Lipinski definition) is 2. The summed E-state index contributed by atoms with van der Waals surface area (Å²) >= 11 is 0. The molecule has 0 unspecified atom stereocenters. The molecular formula is C13H15F3N2O3. The van der Waals surface area contributed by atoms with E-state index in [9.17, 15) is 22.8 Å². The average molecular weight is 304 g/mol. The van der Waals surface area contributed by atoms with Crippen LogP contribution in [0.3, 0.4) is 0 Å². The molecule has 0 saturated carbocycles. The van der Waals surface area contributed by atoms with Gasteiger partial charge < -0.3 is 10.4 Å². The van der Waals surface area contributed by atoms with Crippen molar-refractivity contribution in [2.24, 2.45) is 5.41 Å². The summed E-state index contributed by atoms with van der Waals surface area (Å²) in [5.74, 6) is -2.03. The Morgan fingerprint density at radius 2 is 1.95 bits per heavy atom. The normalized spacial score (nSPS) is 12.0. The quantitative estimate of drug-likeness (QED) is 0.875.